The van der Waals surface area contributed by atoms with E-state index in [-0.39, 0.29) is 11.8 Å². The number of piperazine rings is 1. The fraction of sp³-hybridized carbons (Fsp3) is 0.533. The quantitative estimate of drug-likeness (QED) is 0.803. The van der Waals surface area contributed by atoms with E-state index in [1.165, 1.54) is 6.20 Å². The zero-order valence-corrected chi connectivity index (χ0v) is 13.1. The van der Waals surface area contributed by atoms with Crippen LogP contribution < -0.4 is 0 Å². The van der Waals surface area contributed by atoms with Crippen LogP contribution in [-0.2, 0) is 4.79 Å². The molecule has 0 spiro atoms. The van der Waals surface area contributed by atoms with Crippen LogP contribution in [0.25, 0.3) is 0 Å². The Morgan fingerprint density at radius 2 is 1.81 bits per heavy atom. The van der Waals surface area contributed by atoms with Gasteiger partial charge in [-0.1, -0.05) is 25.4 Å². The Balaban J connectivity index is 1.90. The molecular weight excluding hydrogens is 290 g/mol. The maximum Gasteiger partial charge on any atom is 0.255 e. The van der Waals surface area contributed by atoms with Crippen LogP contribution >= 0.6 is 11.6 Å². The van der Waals surface area contributed by atoms with Crippen molar-refractivity contribution in [1.29, 1.82) is 0 Å². The first-order valence-corrected chi connectivity index (χ1v) is 7.53. The molecule has 0 radical (unpaired) electrons. The van der Waals surface area contributed by atoms with Gasteiger partial charge >= 0.3 is 0 Å². The number of carbonyl (C=O) groups excluding carboxylic acids is 2. The van der Waals surface area contributed by atoms with Crippen molar-refractivity contribution in [3.8, 4) is 0 Å². The highest BCUT2D eigenvalue weighted by Gasteiger charge is 2.25. The average molecular weight is 310 g/mol. The molecule has 0 unspecified atom stereocenters. The smallest absolute Gasteiger partial charge is 0.255 e. The fourth-order valence-corrected chi connectivity index (χ4v) is 2.43. The highest BCUT2D eigenvalue weighted by molar-refractivity contribution is 6.29. The number of pyridine rings is 1. The van der Waals surface area contributed by atoms with Crippen molar-refractivity contribution in [3.05, 3.63) is 29.0 Å². The Labute approximate surface area is 129 Å². The van der Waals surface area contributed by atoms with Gasteiger partial charge in [-0.25, -0.2) is 4.98 Å². The summed E-state index contributed by atoms with van der Waals surface area (Å²) < 4.78 is 0. The number of halogens is 1. The number of amides is 2. The summed E-state index contributed by atoms with van der Waals surface area (Å²) in [6.07, 6.45) is 2.05. The lowest BCUT2D eigenvalue weighted by Gasteiger charge is -2.35. The van der Waals surface area contributed by atoms with Gasteiger partial charge < -0.3 is 9.80 Å². The lowest BCUT2D eigenvalue weighted by Crippen LogP contribution is -2.50. The summed E-state index contributed by atoms with van der Waals surface area (Å²) in [6, 6.07) is 3.28. The van der Waals surface area contributed by atoms with E-state index in [4.69, 9.17) is 11.6 Å². The molecule has 0 bridgehead atoms. The van der Waals surface area contributed by atoms with Crippen molar-refractivity contribution >= 4 is 23.4 Å². The molecule has 0 aromatic carbocycles. The average Bonchev–Trinajstić information content (AvgIpc) is 2.47. The first-order valence-electron chi connectivity index (χ1n) is 7.16. The Morgan fingerprint density at radius 1 is 1.19 bits per heavy atom. The van der Waals surface area contributed by atoms with Crippen molar-refractivity contribution < 1.29 is 9.59 Å². The van der Waals surface area contributed by atoms with Crippen LogP contribution in [0.1, 0.15) is 30.6 Å². The van der Waals surface area contributed by atoms with E-state index in [1.54, 1.807) is 17.0 Å². The van der Waals surface area contributed by atoms with Crippen LogP contribution in [0.3, 0.4) is 0 Å². The van der Waals surface area contributed by atoms with E-state index < -0.39 is 0 Å². The van der Waals surface area contributed by atoms with E-state index in [2.05, 4.69) is 4.98 Å². The molecule has 6 heteroatoms. The summed E-state index contributed by atoms with van der Waals surface area (Å²) >= 11 is 5.72. The summed E-state index contributed by atoms with van der Waals surface area (Å²) in [5.41, 5.74) is 0.529. The summed E-state index contributed by atoms with van der Waals surface area (Å²) in [5, 5.41) is 0.371. The molecule has 1 aliphatic rings. The van der Waals surface area contributed by atoms with E-state index in [0.717, 1.165) is 0 Å². The summed E-state index contributed by atoms with van der Waals surface area (Å²) in [5.74, 6) is 0.470. The minimum atomic E-state index is -0.0601. The first kappa shape index (κ1) is 15.8. The van der Waals surface area contributed by atoms with Crippen molar-refractivity contribution in [1.82, 2.24) is 14.8 Å². The molecule has 5 nitrogen and oxygen atoms in total. The normalized spacial score (nSPS) is 15.4. The third kappa shape index (κ3) is 4.17. The lowest BCUT2D eigenvalue weighted by atomic mass is 10.1. The van der Waals surface area contributed by atoms with Crippen molar-refractivity contribution in [2.75, 3.05) is 26.2 Å². The predicted octanol–water partition coefficient (Wildman–Crippen LogP) is 2.07. The van der Waals surface area contributed by atoms with Crippen molar-refractivity contribution in [3.63, 3.8) is 0 Å². The van der Waals surface area contributed by atoms with Gasteiger partial charge in [0.25, 0.3) is 5.91 Å². The first-order chi connectivity index (χ1) is 9.97. The van der Waals surface area contributed by atoms with Gasteiger partial charge in [-0.3, -0.25) is 9.59 Å². The molecule has 0 N–H and O–H groups in total. The second kappa shape index (κ2) is 6.89. The van der Waals surface area contributed by atoms with E-state index in [0.29, 0.717) is 49.2 Å². The highest BCUT2D eigenvalue weighted by Crippen LogP contribution is 2.12. The molecule has 2 rings (SSSR count). The molecule has 1 saturated heterocycles. The topological polar surface area (TPSA) is 53.5 Å². The van der Waals surface area contributed by atoms with Gasteiger partial charge in [-0.05, 0) is 18.1 Å². The van der Waals surface area contributed by atoms with E-state index in [9.17, 15) is 9.59 Å². The van der Waals surface area contributed by atoms with E-state index >= 15 is 0 Å². The minimum Gasteiger partial charge on any atom is -0.339 e. The number of carbonyl (C=O) groups is 2. The summed E-state index contributed by atoms with van der Waals surface area (Å²) in [7, 11) is 0. The largest absolute Gasteiger partial charge is 0.339 e. The maximum atomic E-state index is 12.3. The number of hydrogen-bond acceptors (Lipinski definition) is 3. The van der Waals surface area contributed by atoms with Gasteiger partial charge in [-0.15, -0.1) is 0 Å². The van der Waals surface area contributed by atoms with Crippen LogP contribution in [0.4, 0.5) is 0 Å². The number of aromatic nitrogens is 1. The summed E-state index contributed by atoms with van der Waals surface area (Å²) in [4.78, 5) is 31.8. The highest BCUT2D eigenvalue weighted by atomic mass is 35.5. The Bertz CT molecular complexity index is 508. The standard InChI is InChI=1S/C15H20ClN3O2/c1-11(2)9-14(20)18-5-7-19(8-6-18)15(21)12-3-4-13(16)17-10-12/h3-4,10-11H,5-9H2,1-2H3. The predicted molar refractivity (Wildman–Crippen MR) is 81.2 cm³/mol. The van der Waals surface area contributed by atoms with Crippen LogP contribution in [0, 0.1) is 5.92 Å². The molecule has 0 atom stereocenters. The van der Waals surface area contributed by atoms with Gasteiger partial charge in [0.2, 0.25) is 5.91 Å². The third-order valence-electron chi connectivity index (χ3n) is 3.48. The van der Waals surface area contributed by atoms with Gasteiger partial charge in [0.05, 0.1) is 5.56 Å². The van der Waals surface area contributed by atoms with Crippen molar-refractivity contribution in [2.45, 2.75) is 20.3 Å². The molecule has 1 aromatic rings. The minimum absolute atomic E-state index is 0.0601. The molecule has 2 heterocycles. The third-order valence-corrected chi connectivity index (χ3v) is 3.70. The monoisotopic (exact) mass is 309 g/mol. The fourth-order valence-electron chi connectivity index (χ4n) is 2.32. The lowest BCUT2D eigenvalue weighted by molar-refractivity contribution is -0.133. The molecule has 21 heavy (non-hydrogen) atoms. The van der Waals surface area contributed by atoms with Gasteiger partial charge in [0.15, 0.2) is 0 Å². The molecule has 114 valence electrons. The Morgan fingerprint density at radius 3 is 2.33 bits per heavy atom. The maximum absolute atomic E-state index is 12.3. The van der Waals surface area contributed by atoms with Crippen molar-refractivity contribution in [2.24, 2.45) is 5.92 Å². The zero-order chi connectivity index (χ0) is 15.4. The molecule has 2 amide bonds. The SMILES string of the molecule is CC(C)CC(=O)N1CCN(C(=O)c2ccc(Cl)nc2)CC1. The van der Waals surface area contributed by atoms with Crippen LogP contribution in [-0.4, -0.2) is 52.8 Å². The van der Waals surface area contributed by atoms with E-state index in [1.807, 2.05) is 18.7 Å². The van der Waals surface area contributed by atoms with Gasteiger partial charge in [0.1, 0.15) is 5.15 Å². The summed E-state index contributed by atoms with van der Waals surface area (Å²) in [6.45, 7) is 6.38. The van der Waals surface area contributed by atoms with Crippen LogP contribution in [0.2, 0.25) is 5.15 Å². The molecular formula is C15H20ClN3O2. The van der Waals surface area contributed by atoms with Crippen LogP contribution in [0.5, 0.6) is 0 Å². The van der Waals surface area contributed by atoms with Crippen LogP contribution in [0.15, 0.2) is 18.3 Å². The van der Waals surface area contributed by atoms with Gasteiger partial charge in [-0.2, -0.15) is 0 Å². The Kier molecular flexibility index (Phi) is 5.17. The zero-order valence-electron chi connectivity index (χ0n) is 12.4. The second-order valence-electron chi connectivity index (χ2n) is 5.64. The molecule has 1 aromatic heterocycles. The molecule has 1 fully saturated rings. The number of nitrogens with zero attached hydrogens (tertiary/aromatic N) is 3. The molecule has 1 aliphatic heterocycles. The second-order valence-corrected chi connectivity index (χ2v) is 6.03. The molecule has 0 saturated carbocycles. The molecule has 0 aliphatic carbocycles. The Hall–Kier alpha value is -1.62. The van der Waals surface area contributed by atoms with Gasteiger partial charge in [0, 0.05) is 38.8 Å². The number of rotatable bonds is 3. The number of hydrogen-bond donors (Lipinski definition) is 0.